The van der Waals surface area contributed by atoms with E-state index < -0.39 is 6.04 Å². The number of aromatic nitrogens is 4. The van der Waals surface area contributed by atoms with Crippen molar-refractivity contribution in [1.29, 1.82) is 0 Å². The number of benzene rings is 1. The molecule has 9 heteroatoms. The predicted molar refractivity (Wildman–Crippen MR) is 118 cm³/mol. The van der Waals surface area contributed by atoms with Gasteiger partial charge in [-0.2, -0.15) is 4.98 Å². The van der Waals surface area contributed by atoms with Crippen molar-refractivity contribution >= 4 is 17.5 Å². The van der Waals surface area contributed by atoms with E-state index in [1.165, 1.54) is 0 Å². The molecule has 0 bridgehead atoms. The number of fused-ring (bicyclic) bond motifs is 1. The number of nitrogens with one attached hydrogen (secondary N) is 2. The summed E-state index contributed by atoms with van der Waals surface area (Å²) in [6, 6.07) is 13.2. The maximum atomic E-state index is 13.3. The Hall–Kier alpha value is -4.40. The van der Waals surface area contributed by atoms with Crippen molar-refractivity contribution < 1.29 is 14.3 Å². The van der Waals surface area contributed by atoms with Gasteiger partial charge in [0, 0.05) is 17.5 Å². The molecule has 1 atom stereocenters. The largest absolute Gasteiger partial charge is 0.508 e. The molecule has 1 amide bonds. The van der Waals surface area contributed by atoms with Crippen LogP contribution in [0.3, 0.4) is 0 Å². The number of hydrogen-bond acceptors (Lipinski definition) is 7. The first-order valence-electron chi connectivity index (χ1n) is 10.0. The lowest BCUT2D eigenvalue weighted by Gasteiger charge is -2.27. The molecule has 9 nitrogen and oxygen atoms in total. The van der Waals surface area contributed by atoms with Gasteiger partial charge in [-0.1, -0.05) is 0 Å². The third-order valence-electron chi connectivity index (χ3n) is 5.17. The Kier molecular flexibility index (Phi) is 4.70. The van der Waals surface area contributed by atoms with Gasteiger partial charge in [0.1, 0.15) is 23.3 Å². The number of hydrogen-bond donors (Lipinski definition) is 3. The molecule has 32 heavy (non-hydrogen) atoms. The number of carbonyl (C=O) groups is 1. The monoisotopic (exact) mass is 428 g/mol. The van der Waals surface area contributed by atoms with E-state index in [0.29, 0.717) is 34.5 Å². The highest BCUT2D eigenvalue weighted by molar-refractivity contribution is 6.05. The Bertz CT molecular complexity index is 1320. The standard InChI is InChI=1S/C23H20N6O3/c1-13-5-10-18(32-13)20-19(22(31)26-16-4-3-11-24-12-16)14(2)25-23-27-21(28-29(20)23)15-6-8-17(30)9-7-15/h3-12,20,30H,1-2H3,(H,26,31)(H,25,27,28). The Morgan fingerprint density at radius 2 is 1.97 bits per heavy atom. The number of nitrogens with zero attached hydrogens (tertiary/aromatic N) is 4. The number of furan rings is 1. The van der Waals surface area contributed by atoms with Crippen LogP contribution in [0, 0.1) is 6.92 Å². The zero-order valence-electron chi connectivity index (χ0n) is 17.4. The third-order valence-corrected chi connectivity index (χ3v) is 5.17. The van der Waals surface area contributed by atoms with Crippen LogP contribution in [0.2, 0.25) is 0 Å². The number of pyridine rings is 1. The molecule has 1 aliphatic rings. The Morgan fingerprint density at radius 1 is 1.16 bits per heavy atom. The van der Waals surface area contributed by atoms with Gasteiger partial charge in [-0.15, -0.1) is 5.10 Å². The summed E-state index contributed by atoms with van der Waals surface area (Å²) in [5, 5.41) is 20.3. The van der Waals surface area contributed by atoms with Gasteiger partial charge in [-0.25, -0.2) is 4.68 Å². The van der Waals surface area contributed by atoms with E-state index in [1.54, 1.807) is 53.5 Å². The minimum absolute atomic E-state index is 0.159. The second-order valence-electron chi connectivity index (χ2n) is 7.46. The number of phenolic OH excluding ortho intramolecular Hbond substituents is 1. The minimum atomic E-state index is -0.616. The molecule has 3 aromatic heterocycles. The highest BCUT2D eigenvalue weighted by Crippen LogP contribution is 2.37. The molecule has 0 saturated heterocycles. The molecule has 4 aromatic rings. The molecular formula is C23H20N6O3. The average Bonchev–Trinajstić information content (AvgIpc) is 3.40. The summed E-state index contributed by atoms with van der Waals surface area (Å²) >= 11 is 0. The number of allylic oxidation sites excluding steroid dienone is 1. The van der Waals surface area contributed by atoms with Crippen LogP contribution < -0.4 is 10.6 Å². The van der Waals surface area contributed by atoms with E-state index in [-0.39, 0.29) is 11.7 Å². The Balaban J connectivity index is 1.59. The smallest absolute Gasteiger partial charge is 0.256 e. The van der Waals surface area contributed by atoms with Crippen LogP contribution in [-0.4, -0.2) is 30.8 Å². The van der Waals surface area contributed by atoms with E-state index in [4.69, 9.17) is 4.42 Å². The van der Waals surface area contributed by atoms with Gasteiger partial charge in [-0.3, -0.25) is 9.78 Å². The van der Waals surface area contributed by atoms with E-state index in [9.17, 15) is 9.90 Å². The van der Waals surface area contributed by atoms with Crippen LogP contribution in [0.1, 0.15) is 24.5 Å². The van der Waals surface area contributed by atoms with Gasteiger partial charge < -0.3 is 20.2 Å². The number of amides is 1. The molecule has 1 unspecified atom stereocenters. The van der Waals surface area contributed by atoms with Crippen molar-refractivity contribution in [3.8, 4) is 17.1 Å². The van der Waals surface area contributed by atoms with E-state index in [2.05, 4.69) is 25.7 Å². The van der Waals surface area contributed by atoms with E-state index in [0.717, 1.165) is 11.3 Å². The Morgan fingerprint density at radius 3 is 2.66 bits per heavy atom. The summed E-state index contributed by atoms with van der Waals surface area (Å²) in [6.45, 7) is 3.67. The van der Waals surface area contributed by atoms with Crippen LogP contribution >= 0.6 is 0 Å². The molecule has 3 N–H and O–H groups in total. The number of rotatable bonds is 4. The first-order valence-corrected chi connectivity index (χ1v) is 10.0. The second-order valence-corrected chi connectivity index (χ2v) is 7.46. The van der Waals surface area contributed by atoms with Crippen molar-refractivity contribution in [2.45, 2.75) is 19.9 Å². The van der Waals surface area contributed by atoms with E-state index >= 15 is 0 Å². The van der Waals surface area contributed by atoms with Crippen LogP contribution in [0.4, 0.5) is 11.6 Å². The number of phenols is 1. The first-order chi connectivity index (χ1) is 15.5. The fourth-order valence-electron chi connectivity index (χ4n) is 3.68. The summed E-state index contributed by atoms with van der Waals surface area (Å²) in [7, 11) is 0. The lowest BCUT2D eigenvalue weighted by Crippen LogP contribution is -2.31. The topological polar surface area (TPSA) is 118 Å². The molecular weight excluding hydrogens is 408 g/mol. The van der Waals surface area contributed by atoms with Crippen LogP contribution in [-0.2, 0) is 4.79 Å². The van der Waals surface area contributed by atoms with Crippen molar-refractivity contribution in [2.75, 3.05) is 10.6 Å². The van der Waals surface area contributed by atoms with Gasteiger partial charge in [0.05, 0.1) is 17.5 Å². The number of anilines is 2. The van der Waals surface area contributed by atoms with Crippen molar-refractivity contribution in [1.82, 2.24) is 19.7 Å². The maximum absolute atomic E-state index is 13.3. The highest BCUT2D eigenvalue weighted by atomic mass is 16.3. The molecule has 1 aromatic carbocycles. The summed E-state index contributed by atoms with van der Waals surface area (Å²) in [4.78, 5) is 22.0. The fraction of sp³-hybridized carbons (Fsp3) is 0.130. The third kappa shape index (κ3) is 3.49. The molecule has 0 fully saturated rings. The lowest BCUT2D eigenvalue weighted by molar-refractivity contribution is -0.113. The molecule has 0 saturated carbocycles. The highest BCUT2D eigenvalue weighted by Gasteiger charge is 2.36. The Labute approximate surface area is 183 Å². The summed E-state index contributed by atoms with van der Waals surface area (Å²) in [5.74, 6) is 2.11. The summed E-state index contributed by atoms with van der Waals surface area (Å²) in [6.07, 6.45) is 3.23. The van der Waals surface area contributed by atoms with Crippen LogP contribution in [0.5, 0.6) is 5.75 Å². The van der Waals surface area contributed by atoms with E-state index in [1.807, 2.05) is 26.0 Å². The molecule has 160 valence electrons. The molecule has 0 spiro atoms. The SMILES string of the molecule is CC1=C(C(=O)Nc2cccnc2)C(c2ccc(C)o2)n2nc(-c3ccc(O)cc3)nc2N1. The second kappa shape index (κ2) is 7.69. The molecule has 0 aliphatic carbocycles. The van der Waals surface area contributed by atoms with Crippen molar-refractivity contribution in [3.05, 3.63) is 83.7 Å². The van der Waals surface area contributed by atoms with Gasteiger partial charge in [0.15, 0.2) is 5.82 Å². The maximum Gasteiger partial charge on any atom is 0.256 e. The average molecular weight is 428 g/mol. The molecule has 4 heterocycles. The number of aryl methyl sites for hydroxylation is 1. The zero-order valence-corrected chi connectivity index (χ0v) is 17.4. The summed E-state index contributed by atoms with van der Waals surface area (Å²) < 4.78 is 7.56. The van der Waals surface area contributed by atoms with Crippen LogP contribution in [0.15, 0.2) is 76.6 Å². The first kappa shape index (κ1) is 19.6. The van der Waals surface area contributed by atoms with Crippen LogP contribution in [0.25, 0.3) is 11.4 Å². The number of aromatic hydroxyl groups is 1. The molecule has 0 radical (unpaired) electrons. The lowest BCUT2D eigenvalue weighted by atomic mass is 10.00. The normalized spacial score (nSPS) is 15.2. The summed E-state index contributed by atoms with van der Waals surface area (Å²) in [5.41, 5.74) is 2.42. The zero-order chi connectivity index (χ0) is 22.2. The fourth-order valence-corrected chi connectivity index (χ4v) is 3.68. The molecule has 5 rings (SSSR count). The van der Waals surface area contributed by atoms with Gasteiger partial charge >= 0.3 is 0 Å². The number of carbonyl (C=O) groups excluding carboxylic acids is 1. The minimum Gasteiger partial charge on any atom is -0.508 e. The van der Waals surface area contributed by atoms with Gasteiger partial charge in [-0.05, 0) is 62.4 Å². The predicted octanol–water partition coefficient (Wildman–Crippen LogP) is 3.87. The molecule has 1 aliphatic heterocycles. The van der Waals surface area contributed by atoms with Gasteiger partial charge in [0.25, 0.3) is 5.91 Å². The van der Waals surface area contributed by atoms with Gasteiger partial charge in [0.2, 0.25) is 5.95 Å². The van der Waals surface area contributed by atoms with Crippen molar-refractivity contribution in [2.24, 2.45) is 0 Å². The quantitative estimate of drug-likeness (QED) is 0.451. The van der Waals surface area contributed by atoms with Crippen molar-refractivity contribution in [3.63, 3.8) is 0 Å².